The van der Waals surface area contributed by atoms with Crippen molar-refractivity contribution in [3.63, 3.8) is 0 Å². The third-order valence-corrected chi connectivity index (χ3v) is 5.36. The van der Waals surface area contributed by atoms with Crippen LogP contribution < -0.4 is 15.4 Å². The third-order valence-electron chi connectivity index (χ3n) is 4.86. The number of Topliss-reactive ketones (excluding diaryl/α,β-unsaturated/α-hetero) is 1. The molecule has 1 aliphatic rings. The van der Waals surface area contributed by atoms with Gasteiger partial charge in [0.15, 0.2) is 5.78 Å². The van der Waals surface area contributed by atoms with Gasteiger partial charge in [-0.15, -0.1) is 0 Å². The molecule has 0 saturated carbocycles. The molecule has 0 aliphatic carbocycles. The number of urea groups is 1. The summed E-state index contributed by atoms with van der Waals surface area (Å²) in [5.74, 6) is 0.999. The first-order valence-electron chi connectivity index (χ1n) is 9.52. The van der Waals surface area contributed by atoms with Gasteiger partial charge in [0.25, 0.3) is 0 Å². The number of allylic oxidation sites excluding steroid dienone is 1. The van der Waals surface area contributed by atoms with E-state index in [-0.39, 0.29) is 11.8 Å². The van der Waals surface area contributed by atoms with Gasteiger partial charge in [0.1, 0.15) is 11.5 Å². The van der Waals surface area contributed by atoms with E-state index in [4.69, 9.17) is 27.9 Å². The summed E-state index contributed by atoms with van der Waals surface area (Å²) < 4.78 is 5.91. The van der Waals surface area contributed by atoms with Gasteiger partial charge in [-0.2, -0.15) is 0 Å². The highest BCUT2D eigenvalue weighted by molar-refractivity contribution is 6.31. The highest BCUT2D eigenvalue weighted by Crippen LogP contribution is 2.32. The summed E-state index contributed by atoms with van der Waals surface area (Å²) in [6, 6.07) is 19.9. The smallest absolute Gasteiger partial charge is 0.319 e. The van der Waals surface area contributed by atoms with Crippen LogP contribution in [-0.2, 0) is 0 Å². The molecule has 0 radical (unpaired) electrons. The van der Waals surface area contributed by atoms with E-state index in [1.807, 2.05) is 12.1 Å². The van der Waals surface area contributed by atoms with Crippen LogP contribution in [0.3, 0.4) is 0 Å². The maximum atomic E-state index is 13.3. The quantitative estimate of drug-likeness (QED) is 0.446. The number of nitrogens with one attached hydrogen (secondary N) is 2. The summed E-state index contributed by atoms with van der Waals surface area (Å²) >= 11 is 11.9. The Kier molecular flexibility index (Phi) is 5.98. The molecule has 31 heavy (non-hydrogen) atoms. The molecule has 3 aromatic carbocycles. The van der Waals surface area contributed by atoms with E-state index in [0.29, 0.717) is 38.4 Å². The molecule has 0 aromatic heterocycles. The molecule has 0 spiro atoms. The molecule has 0 saturated heterocycles. The minimum atomic E-state index is -0.634. The van der Waals surface area contributed by atoms with Gasteiger partial charge < -0.3 is 15.4 Å². The lowest BCUT2D eigenvalue weighted by molar-refractivity contribution is 0.102. The van der Waals surface area contributed by atoms with Crippen LogP contribution in [0.2, 0.25) is 10.0 Å². The van der Waals surface area contributed by atoms with Crippen molar-refractivity contribution in [1.82, 2.24) is 10.6 Å². The zero-order valence-corrected chi connectivity index (χ0v) is 18.0. The molecule has 0 bridgehead atoms. The maximum Gasteiger partial charge on any atom is 0.319 e. The van der Waals surface area contributed by atoms with Gasteiger partial charge in [0.2, 0.25) is 0 Å². The van der Waals surface area contributed by atoms with E-state index in [2.05, 4.69) is 10.6 Å². The van der Waals surface area contributed by atoms with Gasteiger partial charge in [-0.1, -0.05) is 35.3 Å². The number of amides is 2. The highest BCUT2D eigenvalue weighted by atomic mass is 35.5. The largest absolute Gasteiger partial charge is 0.457 e. The van der Waals surface area contributed by atoms with Crippen LogP contribution in [0.15, 0.2) is 84.1 Å². The second-order valence-electron chi connectivity index (χ2n) is 7.03. The number of benzene rings is 3. The van der Waals surface area contributed by atoms with E-state index in [1.165, 1.54) is 0 Å². The predicted molar refractivity (Wildman–Crippen MR) is 121 cm³/mol. The Morgan fingerprint density at radius 2 is 1.55 bits per heavy atom. The molecule has 156 valence electrons. The summed E-state index contributed by atoms with van der Waals surface area (Å²) in [5, 5.41) is 6.69. The fraction of sp³-hybridized carbons (Fsp3) is 0.0833. The van der Waals surface area contributed by atoms with Crippen molar-refractivity contribution >= 4 is 35.0 Å². The molecular formula is C24H18Cl2N2O3. The molecular weight excluding hydrogens is 435 g/mol. The van der Waals surface area contributed by atoms with Crippen molar-refractivity contribution in [2.75, 3.05) is 0 Å². The average molecular weight is 453 g/mol. The molecule has 3 aromatic rings. The summed E-state index contributed by atoms with van der Waals surface area (Å²) in [5.41, 5.74) is 2.15. The van der Waals surface area contributed by atoms with Gasteiger partial charge in [0.05, 0.1) is 6.04 Å². The minimum absolute atomic E-state index is 0.198. The first kappa shape index (κ1) is 21.0. The zero-order valence-electron chi connectivity index (χ0n) is 16.5. The summed E-state index contributed by atoms with van der Waals surface area (Å²) in [4.78, 5) is 25.5. The number of ether oxygens (including phenoxy) is 1. The van der Waals surface area contributed by atoms with Crippen molar-refractivity contribution in [2.45, 2.75) is 13.0 Å². The lowest BCUT2D eigenvalue weighted by atomic mass is 9.89. The lowest BCUT2D eigenvalue weighted by Gasteiger charge is -2.29. The van der Waals surface area contributed by atoms with Crippen molar-refractivity contribution in [3.05, 3.63) is 105 Å². The molecule has 0 fully saturated rings. The zero-order chi connectivity index (χ0) is 22.0. The molecule has 7 heteroatoms. The number of rotatable bonds is 5. The van der Waals surface area contributed by atoms with Crippen LogP contribution in [0, 0.1) is 0 Å². The van der Waals surface area contributed by atoms with Crippen molar-refractivity contribution < 1.29 is 14.3 Å². The maximum absolute atomic E-state index is 13.3. The number of carbonyl (C=O) groups is 2. The number of halogens is 2. The first-order valence-corrected chi connectivity index (χ1v) is 10.3. The monoisotopic (exact) mass is 452 g/mol. The first-order chi connectivity index (χ1) is 14.9. The van der Waals surface area contributed by atoms with E-state index >= 15 is 0 Å². The van der Waals surface area contributed by atoms with Crippen molar-refractivity contribution in [3.8, 4) is 11.5 Å². The van der Waals surface area contributed by atoms with Gasteiger partial charge >= 0.3 is 6.03 Å². The lowest BCUT2D eigenvalue weighted by Crippen LogP contribution is -2.45. The van der Waals surface area contributed by atoms with Crippen LogP contribution in [0.25, 0.3) is 0 Å². The molecule has 4 rings (SSSR count). The second kappa shape index (κ2) is 8.84. The minimum Gasteiger partial charge on any atom is -0.457 e. The number of ketones is 1. The third kappa shape index (κ3) is 4.74. The molecule has 1 heterocycles. The van der Waals surface area contributed by atoms with Gasteiger partial charge in [-0.3, -0.25) is 4.79 Å². The number of carbonyl (C=O) groups excluding carboxylic acids is 2. The van der Waals surface area contributed by atoms with Crippen LogP contribution in [0.4, 0.5) is 4.79 Å². The molecule has 1 atom stereocenters. The topological polar surface area (TPSA) is 67.4 Å². The second-order valence-corrected chi connectivity index (χ2v) is 7.91. The Morgan fingerprint density at radius 3 is 2.23 bits per heavy atom. The van der Waals surface area contributed by atoms with Crippen LogP contribution in [0.1, 0.15) is 28.9 Å². The standard InChI is InChI=1S/C24H18Cl2N2O3/c1-14-21(23(29)15-5-7-17(25)8-6-15)22(28-24(30)27-14)16-3-2-4-20(13-16)31-19-11-9-18(26)10-12-19/h2-13,22H,1H3,(H2,27,28,30). The Labute approximate surface area is 189 Å². The van der Waals surface area contributed by atoms with E-state index in [1.54, 1.807) is 67.6 Å². The molecule has 5 nitrogen and oxygen atoms in total. The summed E-state index contributed by atoms with van der Waals surface area (Å²) in [6.07, 6.45) is 0. The summed E-state index contributed by atoms with van der Waals surface area (Å²) in [6.45, 7) is 1.71. The van der Waals surface area contributed by atoms with Crippen LogP contribution in [0.5, 0.6) is 11.5 Å². The van der Waals surface area contributed by atoms with E-state index in [9.17, 15) is 9.59 Å². The normalized spacial score (nSPS) is 15.8. The Hall–Kier alpha value is -3.28. The van der Waals surface area contributed by atoms with Crippen molar-refractivity contribution in [2.24, 2.45) is 0 Å². The molecule has 2 amide bonds. The summed E-state index contributed by atoms with van der Waals surface area (Å²) in [7, 11) is 0. The SMILES string of the molecule is CC1=C(C(=O)c2ccc(Cl)cc2)C(c2cccc(Oc3ccc(Cl)cc3)c2)NC(=O)N1. The average Bonchev–Trinajstić information content (AvgIpc) is 2.75. The molecule has 1 aliphatic heterocycles. The molecule has 1 unspecified atom stereocenters. The predicted octanol–water partition coefficient (Wildman–Crippen LogP) is 6.30. The Morgan fingerprint density at radius 1 is 0.903 bits per heavy atom. The Balaban J connectivity index is 1.68. The number of hydrogen-bond acceptors (Lipinski definition) is 3. The van der Waals surface area contributed by atoms with E-state index in [0.717, 1.165) is 5.56 Å². The van der Waals surface area contributed by atoms with Gasteiger partial charge in [0, 0.05) is 26.9 Å². The van der Waals surface area contributed by atoms with Gasteiger partial charge in [-0.05, 0) is 73.2 Å². The fourth-order valence-electron chi connectivity index (χ4n) is 3.40. The van der Waals surface area contributed by atoms with E-state index < -0.39 is 6.04 Å². The van der Waals surface area contributed by atoms with Gasteiger partial charge in [-0.25, -0.2) is 4.79 Å². The Bertz CT molecular complexity index is 1170. The molecule has 2 N–H and O–H groups in total. The fourth-order valence-corrected chi connectivity index (χ4v) is 3.65. The van der Waals surface area contributed by atoms with Crippen LogP contribution >= 0.6 is 23.2 Å². The van der Waals surface area contributed by atoms with Crippen molar-refractivity contribution in [1.29, 1.82) is 0 Å². The number of hydrogen-bond donors (Lipinski definition) is 2. The van der Waals surface area contributed by atoms with Crippen LogP contribution in [-0.4, -0.2) is 11.8 Å². The highest BCUT2D eigenvalue weighted by Gasteiger charge is 2.31.